The minimum Gasteiger partial charge on any atom is -0.493 e. The van der Waals surface area contributed by atoms with Crippen molar-refractivity contribution in [2.75, 3.05) is 25.0 Å². The number of carbonyl (C=O) groups is 1. The zero-order valence-corrected chi connectivity index (χ0v) is 20.7. The van der Waals surface area contributed by atoms with Crippen LogP contribution in [0.2, 0.25) is 0 Å². The van der Waals surface area contributed by atoms with Gasteiger partial charge in [0.15, 0.2) is 11.6 Å². The monoisotopic (exact) mass is 513 g/mol. The van der Waals surface area contributed by atoms with E-state index in [1.165, 1.54) is 12.1 Å². The number of aromatic nitrogens is 4. The van der Waals surface area contributed by atoms with E-state index in [4.69, 9.17) is 9.72 Å². The minimum absolute atomic E-state index is 0.227. The smallest absolute Gasteiger partial charge is 0.251 e. The summed E-state index contributed by atoms with van der Waals surface area (Å²) in [6.07, 6.45) is 5.59. The van der Waals surface area contributed by atoms with Crippen LogP contribution in [0.25, 0.3) is 11.4 Å². The van der Waals surface area contributed by atoms with Crippen molar-refractivity contribution in [2.24, 2.45) is 0 Å². The summed E-state index contributed by atoms with van der Waals surface area (Å²) in [5.41, 5.74) is 2.39. The Bertz CT molecular complexity index is 1440. The van der Waals surface area contributed by atoms with Crippen LogP contribution in [0.1, 0.15) is 47.1 Å². The molecule has 2 aliphatic heterocycles. The fraction of sp³-hybridized carbons (Fsp3) is 0.286. The molecule has 38 heavy (non-hydrogen) atoms. The average molecular weight is 514 g/mol. The van der Waals surface area contributed by atoms with Crippen LogP contribution in [0.15, 0.2) is 67.0 Å². The summed E-state index contributed by atoms with van der Waals surface area (Å²) in [5, 5.41) is 17.7. The SMILES string of the molecule is O=C(N[C@@H]1CCOc2ccc(F)cc21)c1cccc(NC2(c3nc(-c4ccncc4)n[nH]3)CCNCC2)c1. The normalized spacial score (nSPS) is 18.2. The first-order chi connectivity index (χ1) is 18.6. The van der Waals surface area contributed by atoms with Crippen molar-refractivity contribution in [2.45, 2.75) is 30.8 Å². The number of benzene rings is 2. The summed E-state index contributed by atoms with van der Waals surface area (Å²) in [5.74, 6) is 1.38. The molecule has 4 N–H and O–H groups in total. The molecule has 4 aromatic rings. The quantitative estimate of drug-likeness (QED) is 0.308. The van der Waals surface area contributed by atoms with Crippen LogP contribution in [0.4, 0.5) is 10.1 Å². The van der Waals surface area contributed by atoms with E-state index < -0.39 is 5.54 Å². The third-order valence-electron chi connectivity index (χ3n) is 7.16. The number of carbonyl (C=O) groups excluding carboxylic acids is 1. The Morgan fingerprint density at radius 1 is 1.08 bits per heavy atom. The van der Waals surface area contributed by atoms with Crippen molar-refractivity contribution in [1.82, 2.24) is 30.8 Å². The molecule has 9 nitrogen and oxygen atoms in total. The Kier molecular flexibility index (Phi) is 6.47. The first-order valence-corrected chi connectivity index (χ1v) is 12.7. The Hall–Kier alpha value is -4.31. The molecule has 4 heterocycles. The van der Waals surface area contributed by atoms with E-state index in [2.05, 4.69) is 31.1 Å². The maximum Gasteiger partial charge on any atom is 0.251 e. The molecule has 2 aromatic carbocycles. The number of pyridine rings is 1. The van der Waals surface area contributed by atoms with Crippen molar-refractivity contribution in [1.29, 1.82) is 0 Å². The van der Waals surface area contributed by atoms with Crippen molar-refractivity contribution in [3.8, 4) is 17.1 Å². The third-order valence-corrected chi connectivity index (χ3v) is 7.16. The van der Waals surface area contributed by atoms with Gasteiger partial charge in [-0.3, -0.25) is 14.9 Å². The van der Waals surface area contributed by atoms with E-state index in [-0.39, 0.29) is 17.8 Å². The number of ether oxygens (including phenoxy) is 1. The van der Waals surface area contributed by atoms with Crippen molar-refractivity contribution in [3.63, 3.8) is 0 Å². The highest BCUT2D eigenvalue weighted by atomic mass is 19.1. The van der Waals surface area contributed by atoms with Gasteiger partial charge in [0.1, 0.15) is 11.6 Å². The molecule has 194 valence electrons. The number of aromatic amines is 1. The molecule has 0 bridgehead atoms. The van der Waals surface area contributed by atoms with Crippen LogP contribution >= 0.6 is 0 Å². The highest BCUT2D eigenvalue weighted by Gasteiger charge is 2.37. The summed E-state index contributed by atoms with van der Waals surface area (Å²) < 4.78 is 19.5. The lowest BCUT2D eigenvalue weighted by Crippen LogP contribution is -2.46. The lowest BCUT2D eigenvalue weighted by atomic mass is 9.87. The second-order valence-corrected chi connectivity index (χ2v) is 9.63. The van der Waals surface area contributed by atoms with Crippen LogP contribution in [0.3, 0.4) is 0 Å². The highest BCUT2D eigenvalue weighted by molar-refractivity contribution is 5.95. The molecule has 1 amide bonds. The van der Waals surface area contributed by atoms with Gasteiger partial charge in [0.2, 0.25) is 0 Å². The first-order valence-electron chi connectivity index (χ1n) is 12.7. The fourth-order valence-corrected chi connectivity index (χ4v) is 5.15. The van der Waals surface area contributed by atoms with Gasteiger partial charge in [-0.25, -0.2) is 9.37 Å². The van der Waals surface area contributed by atoms with E-state index in [9.17, 15) is 9.18 Å². The zero-order chi connectivity index (χ0) is 26.0. The Morgan fingerprint density at radius 3 is 2.76 bits per heavy atom. The first kappa shape index (κ1) is 24.1. The molecule has 1 saturated heterocycles. The molecule has 0 radical (unpaired) electrons. The number of fused-ring (bicyclic) bond motifs is 1. The maximum atomic E-state index is 13.9. The number of hydrogen-bond donors (Lipinski definition) is 4. The van der Waals surface area contributed by atoms with E-state index in [0.29, 0.717) is 35.7 Å². The number of nitrogens with zero attached hydrogens (tertiary/aromatic N) is 3. The number of H-pyrrole nitrogens is 1. The standard InChI is InChI=1S/C28H28FN7O2/c29-20-4-5-24-22(17-20)23(8-15-38-24)32-26(37)19-2-1-3-21(16-19)34-28(9-13-31-14-10-28)27-33-25(35-36-27)18-6-11-30-12-7-18/h1-7,11-12,16-17,23,31,34H,8-10,13-15H2,(H,32,37)(H,33,35,36)/t23-/m1/s1. The summed E-state index contributed by atoms with van der Waals surface area (Å²) in [6, 6.07) is 15.2. The second-order valence-electron chi connectivity index (χ2n) is 9.63. The molecule has 2 aromatic heterocycles. The largest absolute Gasteiger partial charge is 0.493 e. The predicted molar refractivity (Wildman–Crippen MR) is 140 cm³/mol. The van der Waals surface area contributed by atoms with Crippen molar-refractivity contribution < 1.29 is 13.9 Å². The Labute approximate surface area is 219 Å². The maximum absolute atomic E-state index is 13.9. The number of anilines is 1. The van der Waals surface area contributed by atoms with Gasteiger partial charge < -0.3 is 20.7 Å². The molecular formula is C28H28FN7O2. The van der Waals surface area contributed by atoms with Gasteiger partial charge in [0.05, 0.1) is 18.2 Å². The number of hydrogen-bond acceptors (Lipinski definition) is 7. The second kappa shape index (κ2) is 10.2. The summed E-state index contributed by atoms with van der Waals surface area (Å²) in [7, 11) is 0. The van der Waals surface area contributed by atoms with E-state index in [1.807, 2.05) is 30.3 Å². The predicted octanol–water partition coefficient (Wildman–Crippen LogP) is 3.95. The number of rotatable bonds is 6. The van der Waals surface area contributed by atoms with Crippen LogP contribution in [0, 0.1) is 5.82 Å². The summed E-state index contributed by atoms with van der Waals surface area (Å²) in [4.78, 5) is 22.1. The van der Waals surface area contributed by atoms with Crippen molar-refractivity contribution >= 4 is 11.6 Å². The van der Waals surface area contributed by atoms with E-state index >= 15 is 0 Å². The highest BCUT2D eigenvalue weighted by Crippen LogP contribution is 2.35. The van der Waals surface area contributed by atoms with E-state index in [1.54, 1.807) is 24.5 Å². The molecule has 6 rings (SSSR count). The van der Waals surface area contributed by atoms with Gasteiger partial charge in [-0.05, 0) is 74.5 Å². The molecule has 0 spiro atoms. The van der Waals surface area contributed by atoms with Crippen LogP contribution in [0.5, 0.6) is 5.75 Å². The van der Waals surface area contributed by atoms with Gasteiger partial charge in [0, 0.05) is 41.2 Å². The summed E-state index contributed by atoms with van der Waals surface area (Å²) >= 11 is 0. The van der Waals surface area contributed by atoms with Gasteiger partial charge in [-0.2, -0.15) is 5.10 Å². The van der Waals surface area contributed by atoms with Gasteiger partial charge in [-0.1, -0.05) is 6.07 Å². The molecule has 0 aliphatic carbocycles. The third kappa shape index (κ3) is 4.82. The Morgan fingerprint density at radius 2 is 1.92 bits per heavy atom. The van der Waals surface area contributed by atoms with Gasteiger partial charge >= 0.3 is 0 Å². The topological polar surface area (TPSA) is 117 Å². The molecular weight excluding hydrogens is 485 g/mol. The Balaban J connectivity index is 1.23. The lowest BCUT2D eigenvalue weighted by molar-refractivity contribution is 0.0924. The number of nitrogens with one attached hydrogen (secondary N) is 4. The minimum atomic E-state index is -0.476. The molecule has 0 saturated carbocycles. The molecule has 2 aliphatic rings. The molecule has 0 unspecified atom stereocenters. The molecule has 10 heteroatoms. The van der Waals surface area contributed by atoms with E-state index in [0.717, 1.165) is 43.0 Å². The van der Waals surface area contributed by atoms with Crippen LogP contribution in [-0.2, 0) is 5.54 Å². The van der Waals surface area contributed by atoms with Crippen LogP contribution < -0.4 is 20.7 Å². The summed E-state index contributed by atoms with van der Waals surface area (Å²) in [6.45, 7) is 2.09. The average Bonchev–Trinajstić information content (AvgIpc) is 3.46. The number of halogens is 1. The lowest BCUT2D eigenvalue weighted by Gasteiger charge is -2.37. The zero-order valence-electron chi connectivity index (χ0n) is 20.7. The number of amides is 1. The molecule has 1 atom stereocenters. The van der Waals surface area contributed by atoms with Gasteiger partial charge in [0.25, 0.3) is 5.91 Å². The molecule has 1 fully saturated rings. The van der Waals surface area contributed by atoms with Gasteiger partial charge in [-0.15, -0.1) is 0 Å². The van der Waals surface area contributed by atoms with Crippen molar-refractivity contribution in [3.05, 3.63) is 89.8 Å². The fourth-order valence-electron chi connectivity index (χ4n) is 5.15. The number of piperidine rings is 1. The van der Waals surface area contributed by atoms with Crippen LogP contribution in [-0.4, -0.2) is 45.8 Å².